The third kappa shape index (κ3) is 4.57. The molecule has 7 nitrogen and oxygen atoms in total. The maximum atomic E-state index is 13.3. The van der Waals surface area contributed by atoms with Crippen molar-refractivity contribution in [3.8, 4) is 0 Å². The second kappa shape index (κ2) is 9.23. The van der Waals surface area contributed by atoms with Crippen LogP contribution in [0, 0.1) is 12.8 Å². The molecule has 1 amide bonds. The molecule has 5 rings (SSSR count). The molecular weight excluding hydrogens is 436 g/mol. The topological polar surface area (TPSA) is 80.4 Å². The van der Waals surface area contributed by atoms with Gasteiger partial charge in [0.05, 0.1) is 24.9 Å². The summed E-state index contributed by atoms with van der Waals surface area (Å²) < 4.78 is 7.75. The molecule has 0 bridgehead atoms. The van der Waals surface area contributed by atoms with Gasteiger partial charge in [0.2, 0.25) is 11.9 Å². The van der Waals surface area contributed by atoms with Crippen LogP contribution >= 0.6 is 11.3 Å². The first kappa shape index (κ1) is 21.5. The number of hydrogen-bond donors (Lipinski definition) is 1. The number of hydrogen-bond acceptors (Lipinski definition) is 6. The zero-order chi connectivity index (χ0) is 22.8. The molecule has 0 saturated carbocycles. The summed E-state index contributed by atoms with van der Waals surface area (Å²) in [6.07, 6.45) is 3.03. The molecule has 170 valence electrons. The smallest absolute Gasteiger partial charge is 0.273 e. The summed E-state index contributed by atoms with van der Waals surface area (Å²) in [5.41, 5.74) is 2.97. The predicted molar refractivity (Wildman–Crippen MR) is 130 cm³/mol. The summed E-state index contributed by atoms with van der Waals surface area (Å²) in [7, 11) is 0. The van der Waals surface area contributed by atoms with E-state index in [2.05, 4.69) is 41.4 Å². The zero-order valence-corrected chi connectivity index (χ0v) is 19.3. The van der Waals surface area contributed by atoms with Crippen molar-refractivity contribution in [2.75, 3.05) is 18.0 Å². The van der Waals surface area contributed by atoms with Gasteiger partial charge in [-0.2, -0.15) is 0 Å². The van der Waals surface area contributed by atoms with Crippen molar-refractivity contribution in [1.82, 2.24) is 14.9 Å². The first-order valence-corrected chi connectivity index (χ1v) is 12.0. The van der Waals surface area contributed by atoms with Crippen molar-refractivity contribution >= 4 is 33.4 Å². The lowest BCUT2D eigenvalue weighted by Gasteiger charge is -2.33. The lowest BCUT2D eigenvalue weighted by molar-refractivity contribution is -0.125. The van der Waals surface area contributed by atoms with Crippen LogP contribution in [-0.4, -0.2) is 28.5 Å². The van der Waals surface area contributed by atoms with Gasteiger partial charge < -0.3 is 14.6 Å². The zero-order valence-electron chi connectivity index (χ0n) is 18.5. The molecular formula is C25H26N4O3S. The normalized spacial score (nSPS) is 14.6. The van der Waals surface area contributed by atoms with Crippen molar-refractivity contribution in [1.29, 1.82) is 0 Å². The fraction of sp³-hybridized carbons (Fsp3) is 0.320. The lowest BCUT2D eigenvalue weighted by atomic mass is 9.96. The fourth-order valence-electron chi connectivity index (χ4n) is 4.27. The molecule has 0 aliphatic carbocycles. The Labute approximate surface area is 195 Å². The van der Waals surface area contributed by atoms with E-state index in [-0.39, 0.29) is 17.4 Å². The van der Waals surface area contributed by atoms with E-state index in [1.54, 1.807) is 10.8 Å². The van der Waals surface area contributed by atoms with Gasteiger partial charge in [-0.05, 0) is 48.9 Å². The first-order valence-electron chi connectivity index (χ1n) is 11.2. The fourth-order valence-corrected chi connectivity index (χ4v) is 5.04. The van der Waals surface area contributed by atoms with Crippen LogP contribution in [0.25, 0.3) is 10.2 Å². The number of aryl methyl sites for hydroxylation is 1. The van der Waals surface area contributed by atoms with Gasteiger partial charge in [-0.25, -0.2) is 4.98 Å². The highest BCUT2D eigenvalue weighted by molar-refractivity contribution is 7.17. The molecule has 1 saturated heterocycles. The average Bonchev–Trinajstić information content (AvgIpc) is 3.53. The van der Waals surface area contributed by atoms with E-state index in [1.165, 1.54) is 16.9 Å². The number of nitrogens with one attached hydrogen (secondary N) is 1. The largest absolute Gasteiger partial charge is 0.467 e. The molecule has 1 aromatic carbocycles. The Morgan fingerprint density at radius 3 is 2.70 bits per heavy atom. The van der Waals surface area contributed by atoms with Crippen molar-refractivity contribution in [2.24, 2.45) is 5.92 Å². The van der Waals surface area contributed by atoms with Gasteiger partial charge >= 0.3 is 0 Å². The SMILES string of the molecule is Cc1ccc(Cn2c(N3CCC(C(=O)NCc4ccco4)CC3)nc3ccsc3c2=O)cc1. The van der Waals surface area contributed by atoms with Gasteiger partial charge in [-0.3, -0.25) is 14.2 Å². The van der Waals surface area contributed by atoms with Crippen LogP contribution in [0.5, 0.6) is 0 Å². The Hall–Kier alpha value is -3.39. The Bertz CT molecular complexity index is 1300. The van der Waals surface area contributed by atoms with E-state index < -0.39 is 0 Å². The highest BCUT2D eigenvalue weighted by Gasteiger charge is 2.28. The van der Waals surface area contributed by atoms with Gasteiger partial charge in [-0.1, -0.05) is 29.8 Å². The molecule has 0 spiro atoms. The number of thiophene rings is 1. The summed E-state index contributed by atoms with van der Waals surface area (Å²) in [6.45, 7) is 4.27. The van der Waals surface area contributed by atoms with Crippen molar-refractivity contribution < 1.29 is 9.21 Å². The minimum absolute atomic E-state index is 0.0103. The van der Waals surface area contributed by atoms with E-state index >= 15 is 0 Å². The number of furan rings is 1. The highest BCUT2D eigenvalue weighted by atomic mass is 32.1. The number of carbonyl (C=O) groups excluding carboxylic acids is 1. The molecule has 33 heavy (non-hydrogen) atoms. The minimum Gasteiger partial charge on any atom is -0.467 e. The number of carbonyl (C=O) groups is 1. The highest BCUT2D eigenvalue weighted by Crippen LogP contribution is 2.25. The Morgan fingerprint density at radius 2 is 1.97 bits per heavy atom. The molecule has 1 aliphatic rings. The summed E-state index contributed by atoms with van der Waals surface area (Å²) in [5.74, 6) is 1.41. The number of aromatic nitrogens is 2. The summed E-state index contributed by atoms with van der Waals surface area (Å²) in [6, 6.07) is 13.8. The van der Waals surface area contributed by atoms with E-state index in [4.69, 9.17) is 9.40 Å². The van der Waals surface area contributed by atoms with Gasteiger partial charge in [0.15, 0.2) is 0 Å². The van der Waals surface area contributed by atoms with Crippen LogP contribution in [-0.2, 0) is 17.9 Å². The second-order valence-electron chi connectivity index (χ2n) is 8.48. The van der Waals surface area contributed by atoms with Crippen molar-refractivity contribution in [2.45, 2.75) is 32.9 Å². The van der Waals surface area contributed by atoms with Gasteiger partial charge in [-0.15, -0.1) is 11.3 Å². The molecule has 0 radical (unpaired) electrons. The van der Waals surface area contributed by atoms with Crippen molar-refractivity contribution in [3.05, 3.63) is 81.3 Å². The number of fused-ring (bicyclic) bond motifs is 1. The molecule has 4 heterocycles. The number of nitrogens with zero attached hydrogens (tertiary/aromatic N) is 3. The van der Waals surface area contributed by atoms with Crippen molar-refractivity contribution in [3.63, 3.8) is 0 Å². The molecule has 3 aromatic heterocycles. The van der Waals surface area contributed by atoms with E-state index in [0.29, 0.717) is 49.7 Å². The van der Waals surface area contributed by atoms with Crippen LogP contribution in [0.3, 0.4) is 0 Å². The number of rotatable bonds is 6. The molecule has 1 fully saturated rings. The number of benzene rings is 1. The maximum absolute atomic E-state index is 13.3. The van der Waals surface area contributed by atoms with Crippen LogP contribution in [0.4, 0.5) is 5.95 Å². The monoisotopic (exact) mass is 462 g/mol. The quantitative estimate of drug-likeness (QED) is 0.469. The maximum Gasteiger partial charge on any atom is 0.273 e. The second-order valence-corrected chi connectivity index (χ2v) is 9.40. The van der Waals surface area contributed by atoms with Gasteiger partial charge in [0.1, 0.15) is 10.5 Å². The number of piperidine rings is 1. The average molecular weight is 463 g/mol. The van der Waals surface area contributed by atoms with Crippen LogP contribution in [0.1, 0.15) is 29.7 Å². The Balaban J connectivity index is 1.34. The van der Waals surface area contributed by atoms with E-state index in [0.717, 1.165) is 16.8 Å². The molecule has 0 atom stereocenters. The third-order valence-electron chi connectivity index (χ3n) is 6.17. The molecule has 8 heteroatoms. The number of amides is 1. The molecule has 0 unspecified atom stereocenters. The minimum atomic E-state index is -0.0571. The summed E-state index contributed by atoms with van der Waals surface area (Å²) in [4.78, 5) is 33.0. The van der Waals surface area contributed by atoms with E-state index in [1.807, 2.05) is 23.6 Å². The predicted octanol–water partition coefficient (Wildman–Crippen LogP) is 3.94. The van der Waals surface area contributed by atoms with E-state index in [9.17, 15) is 9.59 Å². The standard InChI is InChI=1S/C25H26N4O3S/c1-17-4-6-18(7-5-17)16-29-24(31)22-21(10-14-33-22)27-25(29)28-11-8-19(9-12-28)23(30)26-15-20-3-2-13-32-20/h2-7,10,13-14,19H,8-9,11-12,15-16H2,1H3,(H,26,30). The number of anilines is 1. The third-order valence-corrected chi connectivity index (χ3v) is 7.06. The first-order chi connectivity index (χ1) is 16.1. The Kier molecular flexibility index (Phi) is 6.00. The lowest BCUT2D eigenvalue weighted by Crippen LogP contribution is -2.42. The summed E-state index contributed by atoms with van der Waals surface area (Å²) >= 11 is 1.43. The molecule has 4 aromatic rings. The molecule has 1 aliphatic heterocycles. The van der Waals surface area contributed by atoms with Gasteiger partial charge in [0, 0.05) is 19.0 Å². The molecule has 1 N–H and O–H groups in total. The summed E-state index contributed by atoms with van der Waals surface area (Å²) in [5, 5.41) is 4.88. The van der Waals surface area contributed by atoms with Crippen LogP contribution in [0.2, 0.25) is 0 Å². The van der Waals surface area contributed by atoms with Crippen LogP contribution < -0.4 is 15.8 Å². The van der Waals surface area contributed by atoms with Crippen LogP contribution in [0.15, 0.2) is 63.3 Å². The van der Waals surface area contributed by atoms with Gasteiger partial charge in [0.25, 0.3) is 5.56 Å². The Morgan fingerprint density at radius 1 is 1.18 bits per heavy atom.